The summed E-state index contributed by atoms with van der Waals surface area (Å²) in [5.41, 5.74) is 1.57. The first-order valence-corrected chi connectivity index (χ1v) is 9.02. The van der Waals surface area contributed by atoms with Gasteiger partial charge in [0.2, 0.25) is 0 Å². The molecule has 1 N–H and O–H groups in total. The van der Waals surface area contributed by atoms with E-state index >= 15 is 0 Å². The monoisotopic (exact) mass is 373 g/mol. The van der Waals surface area contributed by atoms with Crippen molar-refractivity contribution >= 4 is 27.6 Å². The molecule has 0 saturated heterocycles. The molecule has 0 aliphatic carbocycles. The van der Waals surface area contributed by atoms with E-state index in [1.165, 1.54) is 34.7 Å². The molecule has 1 aliphatic rings. The molecule has 1 aliphatic heterocycles. The fraction of sp³-hybridized carbons (Fsp3) is 0.278. The molecule has 1 aromatic carbocycles. The van der Waals surface area contributed by atoms with E-state index in [1.807, 2.05) is 6.92 Å². The second kappa shape index (κ2) is 6.21. The normalized spacial score (nSPS) is 15.1. The second-order valence-corrected chi connectivity index (χ2v) is 7.41. The average molecular weight is 373 g/mol. The molecule has 2 aromatic heterocycles. The summed E-state index contributed by atoms with van der Waals surface area (Å²) in [5.74, 6) is -0.322. The van der Waals surface area contributed by atoms with Gasteiger partial charge in [-0.15, -0.1) is 11.3 Å². The lowest BCUT2D eigenvalue weighted by atomic mass is 10.1. The van der Waals surface area contributed by atoms with E-state index in [2.05, 4.69) is 4.98 Å². The third-order valence-corrected chi connectivity index (χ3v) is 5.95. The summed E-state index contributed by atoms with van der Waals surface area (Å²) in [4.78, 5) is 31.6. The number of nitrogens with zero attached hydrogens (tertiary/aromatic N) is 3. The predicted molar refractivity (Wildman–Crippen MR) is 96.2 cm³/mol. The van der Waals surface area contributed by atoms with E-state index in [-0.39, 0.29) is 17.4 Å². The van der Waals surface area contributed by atoms with Crippen molar-refractivity contribution < 1.29 is 14.3 Å². The van der Waals surface area contributed by atoms with Gasteiger partial charge in [0.15, 0.2) is 0 Å². The maximum Gasteiger partial charge on any atom is 0.407 e. The number of hydrogen-bond acceptors (Lipinski definition) is 4. The molecule has 0 saturated carbocycles. The van der Waals surface area contributed by atoms with Gasteiger partial charge in [0.05, 0.1) is 24.3 Å². The molecule has 1 amide bonds. The van der Waals surface area contributed by atoms with Crippen LogP contribution in [0.2, 0.25) is 0 Å². The fourth-order valence-electron chi connectivity index (χ4n) is 3.34. The first-order valence-electron chi connectivity index (χ1n) is 8.20. The summed E-state index contributed by atoms with van der Waals surface area (Å²) in [7, 11) is 0. The number of carbonyl (C=O) groups is 1. The summed E-state index contributed by atoms with van der Waals surface area (Å²) in [6, 6.07) is 5.77. The van der Waals surface area contributed by atoms with Crippen LogP contribution in [0.3, 0.4) is 0 Å². The molecule has 1 unspecified atom stereocenters. The van der Waals surface area contributed by atoms with Crippen molar-refractivity contribution in [1.82, 2.24) is 14.5 Å². The molecule has 0 bridgehead atoms. The molecule has 3 aromatic rings. The minimum absolute atomic E-state index is 0.145. The van der Waals surface area contributed by atoms with Gasteiger partial charge >= 0.3 is 6.09 Å². The van der Waals surface area contributed by atoms with E-state index in [1.54, 1.807) is 16.7 Å². The van der Waals surface area contributed by atoms with Crippen molar-refractivity contribution in [3.63, 3.8) is 0 Å². The van der Waals surface area contributed by atoms with Gasteiger partial charge < -0.3 is 10.0 Å². The van der Waals surface area contributed by atoms with Crippen LogP contribution in [0.4, 0.5) is 9.18 Å². The van der Waals surface area contributed by atoms with Gasteiger partial charge in [0, 0.05) is 11.4 Å². The average Bonchev–Trinajstić information content (AvgIpc) is 3.00. The molecule has 8 heteroatoms. The fourth-order valence-corrected chi connectivity index (χ4v) is 4.53. The minimum Gasteiger partial charge on any atom is -0.465 e. The van der Waals surface area contributed by atoms with Crippen LogP contribution in [0.1, 0.15) is 29.0 Å². The Bertz CT molecular complexity index is 1060. The van der Waals surface area contributed by atoms with E-state index < -0.39 is 6.09 Å². The van der Waals surface area contributed by atoms with Gasteiger partial charge in [-0.05, 0) is 36.6 Å². The van der Waals surface area contributed by atoms with Gasteiger partial charge in [-0.2, -0.15) is 0 Å². The molecule has 0 fully saturated rings. The number of hydrogen-bond donors (Lipinski definition) is 1. The highest BCUT2D eigenvalue weighted by atomic mass is 32.1. The standard InChI is InChI=1S/C18H16FN3O3S/c1-10(11-2-4-12(19)5-3-11)22-9-20-16-15(17(22)23)13-6-7-21(18(24)25)8-14(13)26-16/h2-5,9-10H,6-8H2,1H3,(H,24,25). The number of halogens is 1. The molecular formula is C18H16FN3O3S. The molecule has 26 heavy (non-hydrogen) atoms. The Hall–Kier alpha value is -2.74. The van der Waals surface area contributed by atoms with Gasteiger partial charge in [-0.1, -0.05) is 12.1 Å². The van der Waals surface area contributed by atoms with E-state index in [0.29, 0.717) is 29.7 Å². The van der Waals surface area contributed by atoms with E-state index in [4.69, 9.17) is 0 Å². The summed E-state index contributed by atoms with van der Waals surface area (Å²) in [5, 5.41) is 9.75. The van der Waals surface area contributed by atoms with Gasteiger partial charge in [0.1, 0.15) is 10.6 Å². The first-order chi connectivity index (χ1) is 12.5. The summed E-state index contributed by atoms with van der Waals surface area (Å²) in [6.07, 6.45) is 1.06. The number of fused-ring (bicyclic) bond motifs is 3. The summed E-state index contributed by atoms with van der Waals surface area (Å²) in [6.45, 7) is 2.53. The molecular weight excluding hydrogens is 357 g/mol. The maximum atomic E-state index is 13.2. The maximum absolute atomic E-state index is 13.2. The lowest BCUT2D eigenvalue weighted by Crippen LogP contribution is -2.34. The molecule has 0 spiro atoms. The number of thiophene rings is 1. The number of benzene rings is 1. The Morgan fingerprint density at radius 1 is 1.35 bits per heavy atom. The predicted octanol–water partition coefficient (Wildman–Crippen LogP) is 3.24. The van der Waals surface area contributed by atoms with Crippen LogP contribution in [0.5, 0.6) is 0 Å². The van der Waals surface area contributed by atoms with Crippen molar-refractivity contribution in [3.8, 4) is 0 Å². The molecule has 3 heterocycles. The largest absolute Gasteiger partial charge is 0.465 e. The zero-order chi connectivity index (χ0) is 18.4. The van der Waals surface area contributed by atoms with Crippen LogP contribution in [0, 0.1) is 5.82 Å². The lowest BCUT2D eigenvalue weighted by molar-refractivity contribution is 0.140. The highest BCUT2D eigenvalue weighted by Gasteiger charge is 2.26. The van der Waals surface area contributed by atoms with E-state index in [9.17, 15) is 19.1 Å². The third-order valence-electron chi connectivity index (χ3n) is 4.83. The number of amides is 1. The molecule has 0 radical (unpaired) electrons. The highest BCUT2D eigenvalue weighted by Crippen LogP contribution is 2.32. The van der Waals surface area contributed by atoms with Gasteiger partial charge in [-0.25, -0.2) is 14.2 Å². The number of aromatic nitrogens is 2. The van der Waals surface area contributed by atoms with Crippen LogP contribution < -0.4 is 5.56 Å². The first kappa shape index (κ1) is 16.7. The quantitative estimate of drug-likeness (QED) is 0.748. The Morgan fingerprint density at radius 3 is 2.77 bits per heavy atom. The summed E-state index contributed by atoms with van der Waals surface area (Å²) < 4.78 is 14.7. The Labute approximate surface area is 152 Å². The Balaban J connectivity index is 1.79. The van der Waals surface area contributed by atoms with Crippen LogP contribution in [-0.4, -0.2) is 32.2 Å². The molecule has 4 rings (SSSR count). The number of carboxylic acid groups (broad SMARTS) is 1. The van der Waals surface area contributed by atoms with Crippen molar-refractivity contribution in [2.75, 3.05) is 6.54 Å². The minimum atomic E-state index is -0.955. The van der Waals surface area contributed by atoms with Crippen LogP contribution in [0.15, 0.2) is 35.4 Å². The zero-order valence-electron chi connectivity index (χ0n) is 14.0. The van der Waals surface area contributed by atoms with Crippen molar-refractivity contribution in [1.29, 1.82) is 0 Å². The molecule has 1 atom stereocenters. The van der Waals surface area contributed by atoms with Crippen molar-refractivity contribution in [2.24, 2.45) is 0 Å². The van der Waals surface area contributed by atoms with Crippen molar-refractivity contribution in [3.05, 3.63) is 62.8 Å². The van der Waals surface area contributed by atoms with E-state index in [0.717, 1.165) is 16.0 Å². The van der Waals surface area contributed by atoms with Gasteiger partial charge in [-0.3, -0.25) is 9.36 Å². The molecule has 6 nitrogen and oxygen atoms in total. The highest BCUT2D eigenvalue weighted by molar-refractivity contribution is 7.18. The SMILES string of the molecule is CC(c1ccc(F)cc1)n1cnc2sc3c(c2c1=O)CCN(C(=O)O)C3. The molecule has 134 valence electrons. The second-order valence-electron chi connectivity index (χ2n) is 6.32. The van der Waals surface area contributed by atoms with Crippen molar-refractivity contribution in [2.45, 2.75) is 25.9 Å². The van der Waals surface area contributed by atoms with Crippen LogP contribution in [-0.2, 0) is 13.0 Å². The van der Waals surface area contributed by atoms with Gasteiger partial charge in [0.25, 0.3) is 5.56 Å². The Morgan fingerprint density at radius 2 is 2.08 bits per heavy atom. The lowest BCUT2D eigenvalue weighted by Gasteiger charge is -2.23. The zero-order valence-corrected chi connectivity index (χ0v) is 14.8. The van der Waals surface area contributed by atoms with Crippen LogP contribution >= 0.6 is 11.3 Å². The third kappa shape index (κ3) is 2.66. The topological polar surface area (TPSA) is 75.4 Å². The number of rotatable bonds is 2. The Kier molecular flexibility index (Phi) is 3.99. The summed E-state index contributed by atoms with van der Waals surface area (Å²) >= 11 is 1.37. The van der Waals surface area contributed by atoms with Crippen LogP contribution in [0.25, 0.3) is 10.2 Å². The smallest absolute Gasteiger partial charge is 0.407 e.